The molecule has 1 aromatic carbocycles. The number of hydrogen-bond acceptors (Lipinski definition) is 5. The first-order chi connectivity index (χ1) is 15.6. The number of nitrogens with two attached hydrogens (primary N) is 1. The van der Waals surface area contributed by atoms with Crippen molar-refractivity contribution in [2.75, 3.05) is 19.6 Å². The Balaban J connectivity index is 1.49. The van der Waals surface area contributed by atoms with Crippen molar-refractivity contribution in [1.29, 1.82) is 5.26 Å². The van der Waals surface area contributed by atoms with Gasteiger partial charge in [-0.1, -0.05) is 12.1 Å². The van der Waals surface area contributed by atoms with E-state index in [0.717, 1.165) is 31.2 Å². The Bertz CT molecular complexity index is 1100. The van der Waals surface area contributed by atoms with Gasteiger partial charge in [0.05, 0.1) is 22.9 Å². The Morgan fingerprint density at radius 3 is 2.44 bits per heavy atom. The minimum absolute atomic E-state index is 0.0182. The van der Waals surface area contributed by atoms with E-state index in [4.69, 9.17) is 11.0 Å². The maximum Gasteiger partial charge on any atom is 0.256 e. The molecule has 4 rings (SSSR count). The second-order valence-electron chi connectivity index (χ2n) is 8.45. The number of benzene rings is 1. The van der Waals surface area contributed by atoms with E-state index in [2.05, 4.69) is 16.0 Å². The second-order valence-corrected chi connectivity index (χ2v) is 8.45. The molecule has 2 N–H and O–H groups in total. The van der Waals surface area contributed by atoms with Gasteiger partial charge in [-0.15, -0.1) is 0 Å². The molecule has 0 radical (unpaired) electrons. The Morgan fingerprint density at radius 1 is 1.06 bits per heavy atom. The maximum absolute atomic E-state index is 13.4. The number of carbonyl (C=O) groups excluding carboxylic acids is 1. The fourth-order valence-electron chi connectivity index (χ4n) is 4.62. The van der Waals surface area contributed by atoms with Gasteiger partial charge < -0.3 is 10.6 Å². The molecule has 0 bridgehead atoms. The molecule has 3 aromatic rings. The highest BCUT2D eigenvalue weighted by atomic mass is 16.2. The SMILES string of the molecule is N#Cc1ccc(CC2(CCN)CCN(C(=O)c3cccnc3-c3ccncc3)CC2)cc1. The van der Waals surface area contributed by atoms with Crippen LogP contribution in [0.3, 0.4) is 0 Å². The summed E-state index contributed by atoms with van der Waals surface area (Å²) in [6.07, 6.45) is 8.78. The molecule has 32 heavy (non-hydrogen) atoms. The van der Waals surface area contributed by atoms with Crippen LogP contribution in [-0.4, -0.2) is 40.4 Å². The molecule has 6 heteroatoms. The van der Waals surface area contributed by atoms with Crippen LogP contribution >= 0.6 is 0 Å². The first-order valence-corrected chi connectivity index (χ1v) is 11.0. The third-order valence-electron chi connectivity index (χ3n) is 6.44. The largest absolute Gasteiger partial charge is 0.339 e. The third-order valence-corrected chi connectivity index (χ3v) is 6.44. The quantitative estimate of drug-likeness (QED) is 0.647. The molecule has 3 heterocycles. The Labute approximate surface area is 188 Å². The molecule has 0 atom stereocenters. The predicted molar refractivity (Wildman–Crippen MR) is 124 cm³/mol. The molecule has 1 saturated heterocycles. The van der Waals surface area contributed by atoms with E-state index in [-0.39, 0.29) is 11.3 Å². The van der Waals surface area contributed by atoms with Crippen LogP contribution in [0.5, 0.6) is 0 Å². The zero-order valence-corrected chi connectivity index (χ0v) is 18.1. The molecule has 1 fully saturated rings. The summed E-state index contributed by atoms with van der Waals surface area (Å²) < 4.78 is 0. The first-order valence-electron chi connectivity index (χ1n) is 11.0. The van der Waals surface area contributed by atoms with Crippen molar-refractivity contribution in [3.63, 3.8) is 0 Å². The lowest BCUT2D eigenvalue weighted by molar-refractivity contribution is 0.0562. The van der Waals surface area contributed by atoms with Crippen molar-refractivity contribution in [3.8, 4) is 17.3 Å². The number of amides is 1. The van der Waals surface area contributed by atoms with Gasteiger partial charge in [-0.3, -0.25) is 14.8 Å². The molecule has 1 aliphatic heterocycles. The summed E-state index contributed by atoms with van der Waals surface area (Å²) in [5, 5.41) is 9.04. The van der Waals surface area contributed by atoms with Gasteiger partial charge in [0.15, 0.2) is 0 Å². The maximum atomic E-state index is 13.4. The van der Waals surface area contributed by atoms with E-state index in [1.807, 2.05) is 53.4 Å². The van der Waals surface area contributed by atoms with Crippen molar-refractivity contribution in [1.82, 2.24) is 14.9 Å². The highest BCUT2D eigenvalue weighted by molar-refractivity contribution is 5.99. The minimum atomic E-state index is 0.0182. The van der Waals surface area contributed by atoms with E-state index in [1.54, 1.807) is 18.6 Å². The fourth-order valence-corrected chi connectivity index (χ4v) is 4.62. The van der Waals surface area contributed by atoms with Crippen LogP contribution < -0.4 is 5.73 Å². The van der Waals surface area contributed by atoms with Crippen molar-refractivity contribution in [2.45, 2.75) is 25.7 Å². The number of nitrogens with zero attached hydrogens (tertiary/aromatic N) is 4. The monoisotopic (exact) mass is 425 g/mol. The van der Waals surface area contributed by atoms with Gasteiger partial charge in [0, 0.05) is 37.2 Å². The Kier molecular flexibility index (Phi) is 6.58. The first kappa shape index (κ1) is 21.7. The Morgan fingerprint density at radius 2 is 1.78 bits per heavy atom. The average Bonchev–Trinajstić information content (AvgIpc) is 2.85. The van der Waals surface area contributed by atoms with Crippen LogP contribution in [0, 0.1) is 16.7 Å². The minimum Gasteiger partial charge on any atom is -0.339 e. The van der Waals surface area contributed by atoms with Gasteiger partial charge >= 0.3 is 0 Å². The molecular weight excluding hydrogens is 398 g/mol. The summed E-state index contributed by atoms with van der Waals surface area (Å²) >= 11 is 0. The van der Waals surface area contributed by atoms with Gasteiger partial charge in [0.2, 0.25) is 0 Å². The smallest absolute Gasteiger partial charge is 0.256 e. The molecule has 0 unspecified atom stereocenters. The van der Waals surface area contributed by atoms with E-state index in [1.165, 1.54) is 5.56 Å². The summed E-state index contributed by atoms with van der Waals surface area (Å²) in [5.74, 6) is 0.0182. The lowest BCUT2D eigenvalue weighted by atomic mass is 9.71. The number of aromatic nitrogens is 2. The molecule has 1 aliphatic rings. The fraction of sp³-hybridized carbons (Fsp3) is 0.308. The molecule has 162 valence electrons. The highest BCUT2D eigenvalue weighted by Crippen LogP contribution is 2.39. The van der Waals surface area contributed by atoms with Crippen molar-refractivity contribution < 1.29 is 4.79 Å². The van der Waals surface area contributed by atoms with Crippen molar-refractivity contribution in [3.05, 3.63) is 83.8 Å². The number of nitriles is 1. The van der Waals surface area contributed by atoms with E-state index >= 15 is 0 Å². The number of piperidine rings is 1. The number of likely N-dealkylation sites (tertiary alicyclic amines) is 1. The number of pyridine rings is 2. The standard InChI is InChI=1S/C26H27N5O/c27-12-9-26(18-20-3-5-21(19-28)6-4-20)10-16-31(17-11-26)25(32)23-2-1-13-30-24(23)22-7-14-29-15-8-22/h1-8,13-15H,9-12,16-18,27H2. The molecule has 0 aliphatic carbocycles. The van der Waals surface area contributed by atoms with Crippen LogP contribution in [-0.2, 0) is 6.42 Å². The van der Waals surface area contributed by atoms with Crippen LogP contribution in [0.1, 0.15) is 40.7 Å². The number of rotatable bonds is 6. The predicted octanol–water partition coefficient (Wildman–Crippen LogP) is 3.83. The van der Waals surface area contributed by atoms with Gasteiger partial charge in [0.25, 0.3) is 5.91 Å². The second kappa shape index (κ2) is 9.71. The van der Waals surface area contributed by atoms with E-state index < -0.39 is 0 Å². The van der Waals surface area contributed by atoms with Crippen LogP contribution in [0.4, 0.5) is 0 Å². The number of hydrogen-bond donors (Lipinski definition) is 1. The average molecular weight is 426 g/mol. The summed E-state index contributed by atoms with van der Waals surface area (Å²) in [4.78, 5) is 23.9. The molecule has 6 nitrogen and oxygen atoms in total. The Hall–Kier alpha value is -3.56. The number of carbonyl (C=O) groups is 1. The zero-order valence-electron chi connectivity index (χ0n) is 18.1. The van der Waals surface area contributed by atoms with Crippen molar-refractivity contribution >= 4 is 5.91 Å². The normalized spacial score (nSPS) is 15.2. The van der Waals surface area contributed by atoms with Crippen LogP contribution in [0.15, 0.2) is 67.1 Å². The van der Waals surface area contributed by atoms with Crippen molar-refractivity contribution in [2.24, 2.45) is 11.1 Å². The topological polar surface area (TPSA) is 95.9 Å². The molecule has 0 saturated carbocycles. The summed E-state index contributed by atoms with van der Waals surface area (Å²) in [6, 6.07) is 17.4. The van der Waals surface area contributed by atoms with E-state index in [9.17, 15) is 4.79 Å². The molecule has 0 spiro atoms. The van der Waals surface area contributed by atoms with Gasteiger partial charge in [-0.05, 0) is 79.6 Å². The summed E-state index contributed by atoms with van der Waals surface area (Å²) in [5.41, 5.74) is 10.1. The van der Waals surface area contributed by atoms with E-state index in [0.29, 0.717) is 36.5 Å². The lowest BCUT2D eigenvalue weighted by Gasteiger charge is -2.42. The molecule has 2 aromatic heterocycles. The highest BCUT2D eigenvalue weighted by Gasteiger charge is 2.36. The lowest BCUT2D eigenvalue weighted by Crippen LogP contribution is -2.45. The van der Waals surface area contributed by atoms with Gasteiger partial charge in [0.1, 0.15) is 0 Å². The van der Waals surface area contributed by atoms with Crippen LogP contribution in [0.25, 0.3) is 11.3 Å². The van der Waals surface area contributed by atoms with Gasteiger partial charge in [-0.2, -0.15) is 5.26 Å². The molecule has 1 amide bonds. The van der Waals surface area contributed by atoms with Gasteiger partial charge in [-0.25, -0.2) is 0 Å². The zero-order chi connectivity index (χ0) is 22.4. The summed E-state index contributed by atoms with van der Waals surface area (Å²) in [7, 11) is 0. The molecular formula is C26H27N5O. The van der Waals surface area contributed by atoms with Crippen LogP contribution in [0.2, 0.25) is 0 Å². The third kappa shape index (κ3) is 4.68. The summed E-state index contributed by atoms with van der Waals surface area (Å²) in [6.45, 7) is 2.01.